The molecule has 0 aliphatic carbocycles. The fourth-order valence-corrected chi connectivity index (χ4v) is 4.83. The molecule has 40 heavy (non-hydrogen) atoms. The zero-order valence-corrected chi connectivity index (χ0v) is 21.4. The monoisotopic (exact) mass is 583 g/mol. The molecule has 0 aliphatic rings. The predicted octanol–water partition coefficient (Wildman–Crippen LogP) is 4.28. The first kappa shape index (κ1) is 29.0. The van der Waals surface area contributed by atoms with Crippen LogP contribution in [-0.2, 0) is 22.4 Å². The fraction of sp³-hybridized carbons (Fsp3) is 0.240. The Morgan fingerprint density at radius 2 is 1.62 bits per heavy atom. The van der Waals surface area contributed by atoms with E-state index >= 15 is 0 Å². The van der Waals surface area contributed by atoms with E-state index in [1.807, 2.05) is 0 Å². The van der Waals surface area contributed by atoms with E-state index in [1.165, 1.54) is 26.1 Å². The molecule has 0 saturated carbocycles. The van der Waals surface area contributed by atoms with Crippen LogP contribution in [0, 0.1) is 11.8 Å². The second kappa shape index (κ2) is 10.2. The van der Waals surface area contributed by atoms with Crippen molar-refractivity contribution in [3.63, 3.8) is 0 Å². The number of aromatic nitrogens is 4. The first-order valence-corrected chi connectivity index (χ1v) is 12.7. The molecule has 0 radical (unpaired) electrons. The van der Waals surface area contributed by atoms with Gasteiger partial charge in [0.15, 0.2) is 11.3 Å². The summed E-state index contributed by atoms with van der Waals surface area (Å²) in [5.74, 6) is 5.13. The molecule has 0 spiro atoms. The average molecular weight is 584 g/mol. The molecule has 0 aliphatic heterocycles. The minimum atomic E-state index is -4.89. The molecule has 0 saturated heterocycles. The molecule has 0 atom stereocenters. The van der Waals surface area contributed by atoms with Gasteiger partial charge in [0, 0.05) is 29.6 Å². The lowest BCUT2D eigenvalue weighted by molar-refractivity contribution is -0.142. The molecule has 4 aromatic rings. The highest BCUT2D eigenvalue weighted by molar-refractivity contribution is 7.89. The van der Waals surface area contributed by atoms with Crippen LogP contribution in [0.5, 0.6) is 0 Å². The number of nitrogens with zero attached hydrogens (tertiary/aromatic N) is 4. The van der Waals surface area contributed by atoms with Gasteiger partial charge in [-0.15, -0.1) is 0 Å². The van der Waals surface area contributed by atoms with E-state index in [0.29, 0.717) is 10.6 Å². The van der Waals surface area contributed by atoms with Crippen molar-refractivity contribution in [1.82, 2.24) is 24.3 Å². The Balaban J connectivity index is 1.72. The molecule has 0 unspecified atom stereocenters. The van der Waals surface area contributed by atoms with Gasteiger partial charge in [0.2, 0.25) is 10.0 Å². The summed E-state index contributed by atoms with van der Waals surface area (Å²) >= 11 is 0. The summed E-state index contributed by atoms with van der Waals surface area (Å²) in [5, 5.41) is 13.2. The lowest BCUT2D eigenvalue weighted by atomic mass is 10.1. The molecule has 210 valence electrons. The van der Waals surface area contributed by atoms with Gasteiger partial charge in [-0.05, 0) is 44.0 Å². The van der Waals surface area contributed by atoms with Crippen molar-refractivity contribution >= 4 is 15.7 Å². The Kier molecular flexibility index (Phi) is 7.39. The van der Waals surface area contributed by atoms with E-state index in [2.05, 4.69) is 31.6 Å². The maximum absolute atomic E-state index is 13.8. The number of rotatable bonds is 5. The van der Waals surface area contributed by atoms with E-state index < -0.39 is 45.8 Å². The van der Waals surface area contributed by atoms with E-state index in [4.69, 9.17) is 0 Å². The molecule has 0 amide bonds. The number of hydrogen-bond acceptors (Lipinski definition) is 6. The number of hydrogen-bond donors (Lipinski definition) is 2. The number of halogens is 6. The standard InChI is InChI=1S/C25H19F6N5O3S/c1-23(2,14-37)35-40(38,39)19-9-15(12-32-13-19)3-8-18-10-22-33-20(11-21(25(29,30)31)36(22)34-18)16-4-6-17(7-5-16)24(26,27)28/h4-7,9-13,35,37H,14H2,1-2H3. The minimum Gasteiger partial charge on any atom is -0.394 e. The van der Waals surface area contributed by atoms with Crippen molar-refractivity contribution in [1.29, 1.82) is 0 Å². The Morgan fingerprint density at radius 1 is 0.950 bits per heavy atom. The summed E-state index contributed by atoms with van der Waals surface area (Å²) in [6.07, 6.45) is -7.20. The van der Waals surface area contributed by atoms with Crippen LogP contribution in [-0.4, -0.2) is 45.3 Å². The number of alkyl halides is 6. The maximum atomic E-state index is 13.8. The summed E-state index contributed by atoms with van der Waals surface area (Å²) in [4.78, 5) is 7.69. The van der Waals surface area contributed by atoms with Crippen molar-refractivity contribution in [2.45, 2.75) is 36.6 Å². The van der Waals surface area contributed by atoms with Crippen LogP contribution in [0.25, 0.3) is 16.9 Å². The third-order valence-corrected chi connectivity index (χ3v) is 7.06. The third kappa shape index (κ3) is 6.41. The highest BCUT2D eigenvalue weighted by Crippen LogP contribution is 2.34. The lowest BCUT2D eigenvalue weighted by Gasteiger charge is -2.23. The highest BCUT2D eigenvalue weighted by Gasteiger charge is 2.36. The van der Waals surface area contributed by atoms with Gasteiger partial charge in [-0.25, -0.2) is 22.6 Å². The van der Waals surface area contributed by atoms with E-state index in [1.54, 1.807) is 0 Å². The lowest BCUT2D eigenvalue weighted by Crippen LogP contribution is -2.46. The van der Waals surface area contributed by atoms with Crippen LogP contribution in [0.4, 0.5) is 26.3 Å². The fourth-order valence-electron chi connectivity index (χ4n) is 3.44. The SMILES string of the molecule is CC(C)(CO)NS(=O)(=O)c1cncc(C#Cc2cc3nc(-c4ccc(C(F)(F)F)cc4)cc(C(F)(F)F)n3n2)c1. The summed E-state index contributed by atoms with van der Waals surface area (Å²) in [6, 6.07) is 6.52. The van der Waals surface area contributed by atoms with Crippen molar-refractivity contribution in [2.75, 3.05) is 6.61 Å². The van der Waals surface area contributed by atoms with E-state index in [0.717, 1.165) is 36.5 Å². The maximum Gasteiger partial charge on any atom is 0.433 e. The van der Waals surface area contributed by atoms with Crippen LogP contribution in [0.2, 0.25) is 0 Å². The van der Waals surface area contributed by atoms with Gasteiger partial charge in [0.1, 0.15) is 10.6 Å². The van der Waals surface area contributed by atoms with Crippen molar-refractivity contribution < 1.29 is 39.9 Å². The smallest absolute Gasteiger partial charge is 0.394 e. The normalized spacial score (nSPS) is 12.8. The quantitative estimate of drug-likeness (QED) is 0.268. The molecule has 3 aromatic heterocycles. The van der Waals surface area contributed by atoms with E-state index in [9.17, 15) is 39.9 Å². The number of aliphatic hydroxyl groups excluding tert-OH is 1. The van der Waals surface area contributed by atoms with Gasteiger partial charge in [-0.2, -0.15) is 31.4 Å². The predicted molar refractivity (Wildman–Crippen MR) is 130 cm³/mol. The molecule has 8 nitrogen and oxygen atoms in total. The number of pyridine rings is 1. The third-order valence-electron chi connectivity index (χ3n) is 5.39. The molecule has 2 N–H and O–H groups in total. The summed E-state index contributed by atoms with van der Waals surface area (Å²) < 4.78 is 108. The van der Waals surface area contributed by atoms with Crippen LogP contribution in [0.1, 0.15) is 36.4 Å². The van der Waals surface area contributed by atoms with Crippen molar-refractivity contribution in [3.05, 3.63) is 77.4 Å². The van der Waals surface area contributed by atoms with Gasteiger partial charge >= 0.3 is 12.4 Å². The van der Waals surface area contributed by atoms with Gasteiger partial charge < -0.3 is 5.11 Å². The topological polar surface area (TPSA) is 109 Å². The second-order valence-corrected chi connectivity index (χ2v) is 10.9. The van der Waals surface area contributed by atoms with E-state index in [-0.39, 0.29) is 33.1 Å². The molecular weight excluding hydrogens is 564 g/mol. The zero-order chi connectivity index (χ0) is 29.5. The first-order valence-electron chi connectivity index (χ1n) is 11.3. The van der Waals surface area contributed by atoms with Crippen LogP contribution in [0.15, 0.2) is 59.8 Å². The average Bonchev–Trinajstić information content (AvgIpc) is 3.28. The number of fused-ring (bicyclic) bond motifs is 1. The molecule has 15 heteroatoms. The van der Waals surface area contributed by atoms with Crippen molar-refractivity contribution in [3.8, 4) is 23.1 Å². The number of nitrogens with one attached hydrogen (secondary N) is 1. The van der Waals surface area contributed by atoms with Crippen LogP contribution >= 0.6 is 0 Å². The molecule has 1 aromatic carbocycles. The number of sulfonamides is 1. The minimum absolute atomic E-state index is 0.0249. The Hall–Kier alpha value is -4.00. The molecule has 4 rings (SSSR count). The Labute approximate surface area is 223 Å². The Bertz CT molecular complexity index is 1740. The summed E-state index contributed by atoms with van der Waals surface area (Å²) in [7, 11) is -4.08. The Morgan fingerprint density at radius 3 is 2.23 bits per heavy atom. The zero-order valence-electron chi connectivity index (χ0n) is 20.6. The molecule has 0 fully saturated rings. The van der Waals surface area contributed by atoms with Gasteiger partial charge in [-0.3, -0.25) is 4.98 Å². The summed E-state index contributed by atoms with van der Waals surface area (Å²) in [6.45, 7) is 2.47. The van der Waals surface area contributed by atoms with Crippen LogP contribution in [0.3, 0.4) is 0 Å². The molecule has 3 heterocycles. The van der Waals surface area contributed by atoms with Gasteiger partial charge in [0.05, 0.1) is 23.4 Å². The molecule has 0 bridgehead atoms. The first-order chi connectivity index (χ1) is 18.5. The number of aliphatic hydroxyl groups is 1. The number of benzene rings is 1. The molecular formula is C25H19F6N5O3S. The van der Waals surface area contributed by atoms with Gasteiger partial charge in [-0.1, -0.05) is 18.1 Å². The van der Waals surface area contributed by atoms with Gasteiger partial charge in [0.25, 0.3) is 0 Å². The van der Waals surface area contributed by atoms with Crippen LogP contribution < -0.4 is 4.72 Å². The second-order valence-electron chi connectivity index (χ2n) is 9.21. The summed E-state index contributed by atoms with van der Waals surface area (Å²) in [5.41, 5.74) is -3.85. The van der Waals surface area contributed by atoms with Crippen molar-refractivity contribution in [2.24, 2.45) is 0 Å². The largest absolute Gasteiger partial charge is 0.433 e. The highest BCUT2D eigenvalue weighted by atomic mass is 32.2.